The van der Waals surface area contributed by atoms with Crippen molar-refractivity contribution >= 4 is 45.2 Å². The number of halogens is 4. The van der Waals surface area contributed by atoms with Crippen molar-refractivity contribution in [2.45, 2.75) is 74.8 Å². The molecular formula is C53H58Cl2F2N4O10S. The predicted octanol–water partition coefficient (Wildman–Crippen LogP) is 8.59. The minimum absolute atomic E-state index is 0. The molecule has 1 saturated carbocycles. The molecule has 5 heterocycles. The minimum atomic E-state index is -3.87. The van der Waals surface area contributed by atoms with Gasteiger partial charge in [-0.25, -0.2) is 13.4 Å². The van der Waals surface area contributed by atoms with E-state index in [1.54, 1.807) is 36.7 Å². The van der Waals surface area contributed by atoms with Crippen LogP contribution in [0.2, 0.25) is 10.0 Å². The summed E-state index contributed by atoms with van der Waals surface area (Å²) in [5.41, 5.74) is 3.66. The molecule has 2 N–H and O–H groups in total. The van der Waals surface area contributed by atoms with Crippen molar-refractivity contribution in [1.82, 2.24) is 14.1 Å². The van der Waals surface area contributed by atoms with Crippen LogP contribution in [0, 0.1) is 11.8 Å². The highest BCUT2D eigenvalue weighted by Crippen LogP contribution is 2.39. The number of aromatic nitrogens is 1. The van der Waals surface area contributed by atoms with Gasteiger partial charge in [-0.3, -0.25) is 19.4 Å². The number of hydrogen-bond acceptors (Lipinski definition) is 12. The van der Waals surface area contributed by atoms with Gasteiger partial charge in [0.05, 0.1) is 24.5 Å². The fourth-order valence-corrected chi connectivity index (χ4v) is 11.5. The summed E-state index contributed by atoms with van der Waals surface area (Å²) in [6, 6.07) is 28.6. The second kappa shape index (κ2) is 24.1. The molecule has 5 aliphatic rings. The molecule has 1 aromatic heterocycles. The second-order valence-electron chi connectivity index (χ2n) is 18.7. The molecule has 5 aromatic rings. The Kier molecular flexibility index (Phi) is 17.7. The van der Waals surface area contributed by atoms with Gasteiger partial charge in [-0.15, -0.1) is 0 Å². The summed E-state index contributed by atoms with van der Waals surface area (Å²) in [7, 11) is -3.87. The molecule has 14 nitrogen and oxygen atoms in total. The number of nitrogens with one attached hydrogen (secondary N) is 1. The summed E-state index contributed by atoms with van der Waals surface area (Å²) >= 11 is 13.0. The fourth-order valence-electron chi connectivity index (χ4n) is 9.55. The first-order chi connectivity index (χ1) is 34.3. The Morgan fingerprint density at radius 2 is 1.46 bits per heavy atom. The van der Waals surface area contributed by atoms with Crippen LogP contribution in [0.15, 0.2) is 114 Å². The molecule has 0 spiro atoms. The van der Waals surface area contributed by atoms with Crippen LogP contribution >= 0.6 is 23.2 Å². The number of ether oxygens (including phenoxy) is 5. The van der Waals surface area contributed by atoms with Gasteiger partial charge in [0.15, 0.2) is 23.9 Å². The van der Waals surface area contributed by atoms with Crippen molar-refractivity contribution in [3.8, 4) is 17.2 Å². The molecule has 19 heteroatoms. The van der Waals surface area contributed by atoms with E-state index >= 15 is 0 Å². The number of H-pyrrole nitrogens is 1. The standard InChI is InChI=1S/C53H56Cl2F2N4O9S.H2O/c54-45-29-58-30-46(55)44(45)27-48(40-13-16-47(70-53(56)57)49(26-40)67-34-35-9-10-35)68-52(63)32-60-21-23-61(24-22-60)71(64,65)42-14-11-36(12-15-42)33-66-41-8-4-7-39(25-41)43(37-5-2-1-3-6-37)28-51(62)69-50-31-59-19-17-38(50)18-20-59;/h1-8,11-16,25-26,29-30,35,38,43,48,50,53H,9-10,17-24,27-28,31-34H2;1H2/t43-,48-,50-;/m0./s1. The summed E-state index contributed by atoms with van der Waals surface area (Å²) in [6.45, 7) is 1.07. The number of piperazine rings is 1. The van der Waals surface area contributed by atoms with Gasteiger partial charge in [-0.2, -0.15) is 13.1 Å². The second-order valence-corrected chi connectivity index (χ2v) is 21.4. The van der Waals surface area contributed by atoms with Gasteiger partial charge < -0.3 is 29.2 Å². The van der Waals surface area contributed by atoms with Gasteiger partial charge in [0.1, 0.15) is 34.6 Å². The van der Waals surface area contributed by atoms with Crippen LogP contribution in [0.25, 0.3) is 0 Å². The Morgan fingerprint density at radius 3 is 2.12 bits per heavy atom. The highest BCUT2D eigenvalue weighted by Gasteiger charge is 2.37. The number of nitrogens with zero attached hydrogens (tertiary/aromatic N) is 3. The average molecular weight is 1050 g/mol. The SMILES string of the molecule is O=C(CN1CCN(S(=O)(=O)c2ccc(COc3cccc([C@@H](CC(=O)O[C@H]4CN5CCC4CC5)c4ccccc4)c3)cc2)CC1)O[C@@H](Cc1c(Cl)c[nH+]cc1Cl)c1ccc(OC(F)F)c(OCC2CC2)c1.[OH-]. The molecule has 0 unspecified atom stereocenters. The molecule has 4 saturated heterocycles. The first-order valence-electron chi connectivity index (χ1n) is 24.1. The molecule has 0 radical (unpaired) electrons. The minimum Gasteiger partial charge on any atom is -0.870 e. The molecule has 5 fully saturated rings. The van der Waals surface area contributed by atoms with E-state index in [4.69, 9.17) is 46.9 Å². The molecule has 4 aliphatic heterocycles. The Hall–Kier alpha value is -5.40. The van der Waals surface area contributed by atoms with E-state index in [-0.39, 0.29) is 92.0 Å². The number of rotatable bonds is 21. The third-order valence-corrected chi connectivity index (χ3v) is 16.3. The number of aromatic amines is 1. The Labute approximate surface area is 428 Å². The Balaban J connectivity index is 0.00000693. The summed E-state index contributed by atoms with van der Waals surface area (Å²) < 4.78 is 84.7. The van der Waals surface area contributed by atoms with Crippen molar-refractivity contribution < 1.29 is 60.9 Å². The zero-order valence-corrected chi connectivity index (χ0v) is 41.9. The van der Waals surface area contributed by atoms with E-state index < -0.39 is 28.7 Å². The lowest BCUT2D eigenvalue weighted by atomic mass is 9.85. The maximum absolute atomic E-state index is 13.8. The van der Waals surface area contributed by atoms with Gasteiger partial charge in [0, 0.05) is 50.6 Å². The molecular weight excluding hydrogens is 994 g/mol. The first-order valence-corrected chi connectivity index (χ1v) is 26.3. The van der Waals surface area contributed by atoms with Crippen LogP contribution in [-0.4, -0.2) is 112 Å². The van der Waals surface area contributed by atoms with E-state index in [0.29, 0.717) is 45.4 Å². The lowest BCUT2D eigenvalue weighted by Gasteiger charge is -2.44. The predicted molar refractivity (Wildman–Crippen MR) is 263 cm³/mol. The van der Waals surface area contributed by atoms with Crippen molar-refractivity contribution in [3.05, 3.63) is 147 Å². The molecule has 10 rings (SSSR count). The maximum atomic E-state index is 13.8. The molecule has 4 aromatic carbocycles. The van der Waals surface area contributed by atoms with Gasteiger partial charge in [0.25, 0.3) is 0 Å². The van der Waals surface area contributed by atoms with E-state index in [1.165, 1.54) is 22.5 Å². The molecule has 72 heavy (non-hydrogen) atoms. The number of benzene rings is 4. The quantitative estimate of drug-likeness (QED) is 0.0643. The number of hydrogen-bond donors (Lipinski definition) is 0. The molecule has 0 amide bonds. The number of alkyl halides is 2. The molecule has 384 valence electrons. The van der Waals surface area contributed by atoms with Crippen LogP contribution in [-0.2, 0) is 42.1 Å². The van der Waals surface area contributed by atoms with E-state index in [1.807, 2.05) is 59.5 Å². The van der Waals surface area contributed by atoms with Gasteiger partial charge >= 0.3 is 18.6 Å². The number of piperidine rings is 3. The average Bonchev–Trinajstić information content (AvgIpc) is 4.21. The van der Waals surface area contributed by atoms with Crippen molar-refractivity contribution in [2.24, 2.45) is 11.8 Å². The number of fused-ring (bicyclic) bond motifs is 3. The third-order valence-electron chi connectivity index (χ3n) is 13.7. The Morgan fingerprint density at radius 1 is 0.750 bits per heavy atom. The highest BCUT2D eigenvalue weighted by atomic mass is 35.5. The van der Waals surface area contributed by atoms with E-state index in [9.17, 15) is 26.8 Å². The van der Waals surface area contributed by atoms with Crippen molar-refractivity contribution in [1.29, 1.82) is 0 Å². The number of carbonyl (C=O) groups excluding carboxylic acids is 2. The van der Waals surface area contributed by atoms with Gasteiger partial charge in [-0.1, -0.05) is 83.9 Å². The smallest absolute Gasteiger partial charge is 0.387 e. The topological polar surface area (TPSA) is 168 Å². The normalized spacial score (nSPS) is 20.0. The van der Waals surface area contributed by atoms with Crippen LogP contribution < -0.4 is 19.2 Å². The first kappa shape index (κ1) is 52.9. The number of esters is 2. The molecule has 2 bridgehead atoms. The third kappa shape index (κ3) is 13.6. The monoisotopic (exact) mass is 1050 g/mol. The lowest BCUT2D eigenvalue weighted by molar-refractivity contribution is -0.377. The van der Waals surface area contributed by atoms with Crippen LogP contribution in [0.5, 0.6) is 17.2 Å². The largest absolute Gasteiger partial charge is 0.870 e. The number of carbonyl (C=O) groups is 2. The summed E-state index contributed by atoms with van der Waals surface area (Å²) in [5, 5.41) is 0.624. The van der Waals surface area contributed by atoms with E-state index in [2.05, 4.69) is 9.88 Å². The summed E-state index contributed by atoms with van der Waals surface area (Å²) in [5.74, 6) is 0.297. The lowest BCUT2D eigenvalue weighted by Crippen LogP contribution is -2.52. The molecule has 3 atom stereocenters. The highest BCUT2D eigenvalue weighted by molar-refractivity contribution is 7.89. The number of pyridine rings is 1. The van der Waals surface area contributed by atoms with Gasteiger partial charge in [0.2, 0.25) is 10.0 Å². The van der Waals surface area contributed by atoms with E-state index in [0.717, 1.165) is 62.0 Å². The van der Waals surface area contributed by atoms with Crippen molar-refractivity contribution in [2.75, 3.05) is 59.0 Å². The Bertz CT molecular complexity index is 2720. The zero-order chi connectivity index (χ0) is 49.5. The fraction of sp³-hybridized carbons (Fsp3) is 0.415. The van der Waals surface area contributed by atoms with Crippen LogP contribution in [0.3, 0.4) is 0 Å². The molecule has 1 aliphatic carbocycles. The van der Waals surface area contributed by atoms with Crippen LogP contribution in [0.1, 0.15) is 71.9 Å². The zero-order valence-electron chi connectivity index (χ0n) is 39.6. The summed E-state index contributed by atoms with van der Waals surface area (Å²) in [6.07, 6.45) is 6.44. The summed E-state index contributed by atoms with van der Waals surface area (Å²) in [4.78, 5) is 34.2. The van der Waals surface area contributed by atoms with Gasteiger partial charge in [-0.05, 0) is 109 Å². The van der Waals surface area contributed by atoms with Crippen molar-refractivity contribution in [3.63, 3.8) is 0 Å². The van der Waals surface area contributed by atoms with Crippen LogP contribution in [0.4, 0.5) is 8.78 Å². The number of sulfonamides is 1. The maximum Gasteiger partial charge on any atom is 0.387 e.